The molecular weight excluding hydrogens is 496 g/mol. The Kier molecular flexibility index (Phi) is 7.87. The number of sulfone groups is 1. The lowest BCUT2D eigenvalue weighted by molar-refractivity contribution is 0.0561. The molecule has 2 heterocycles. The number of aromatic nitrogens is 1. The van der Waals surface area contributed by atoms with Crippen LogP contribution in [0, 0.1) is 0 Å². The molecule has 2 atom stereocenters. The van der Waals surface area contributed by atoms with Crippen molar-refractivity contribution in [3.63, 3.8) is 0 Å². The molecule has 0 spiro atoms. The van der Waals surface area contributed by atoms with Crippen molar-refractivity contribution in [3.05, 3.63) is 77.2 Å². The van der Waals surface area contributed by atoms with Crippen LogP contribution in [0.25, 0.3) is 5.69 Å². The molecule has 0 radical (unpaired) electrons. The number of piperidine rings is 1. The minimum atomic E-state index is -3.31. The third-order valence-corrected chi connectivity index (χ3v) is 7.50. The summed E-state index contributed by atoms with van der Waals surface area (Å²) in [6.45, 7) is 2.48. The van der Waals surface area contributed by atoms with Gasteiger partial charge in [-0.2, -0.15) is 0 Å². The Morgan fingerprint density at radius 3 is 2.27 bits per heavy atom. The van der Waals surface area contributed by atoms with Gasteiger partial charge >= 0.3 is 6.09 Å². The average molecular weight is 527 g/mol. The molecule has 0 bridgehead atoms. The molecule has 0 aliphatic carbocycles. The molecule has 1 fully saturated rings. The van der Waals surface area contributed by atoms with E-state index in [4.69, 9.17) is 14.2 Å². The van der Waals surface area contributed by atoms with Gasteiger partial charge in [0.1, 0.15) is 23.4 Å². The number of nitrogens with zero attached hydrogens (tertiary/aromatic N) is 2. The van der Waals surface area contributed by atoms with Crippen molar-refractivity contribution in [2.75, 3.05) is 19.9 Å². The first-order valence-corrected chi connectivity index (χ1v) is 13.9. The molecule has 1 aliphatic rings. The lowest BCUT2D eigenvalue weighted by Gasteiger charge is -2.38. The molecule has 196 valence electrons. The van der Waals surface area contributed by atoms with E-state index in [0.717, 1.165) is 12.7 Å². The van der Waals surface area contributed by atoms with Gasteiger partial charge in [-0.3, -0.25) is 9.36 Å². The number of hydrogen-bond donors (Lipinski definition) is 0. The summed E-state index contributed by atoms with van der Waals surface area (Å²) >= 11 is 0. The number of carbonyl (C=O) groups is 1. The third-order valence-electron chi connectivity index (χ3n) is 6.37. The molecule has 1 saturated heterocycles. The van der Waals surface area contributed by atoms with E-state index in [9.17, 15) is 18.0 Å². The number of carbonyl (C=O) groups excluding carboxylic acids is 1. The van der Waals surface area contributed by atoms with Crippen molar-refractivity contribution < 1.29 is 27.4 Å². The Bertz CT molecular complexity index is 1400. The van der Waals surface area contributed by atoms with Gasteiger partial charge in [0.05, 0.1) is 12.0 Å². The molecule has 0 unspecified atom stereocenters. The number of methoxy groups -OCH3 is 1. The van der Waals surface area contributed by atoms with Crippen LogP contribution in [-0.2, 0) is 9.84 Å². The number of pyridine rings is 1. The maximum atomic E-state index is 12.8. The smallest absolute Gasteiger partial charge is 0.415 e. The zero-order chi connectivity index (χ0) is 26.6. The number of benzene rings is 2. The second-order valence-electron chi connectivity index (χ2n) is 8.90. The average Bonchev–Trinajstić information content (AvgIpc) is 2.88. The SMILES string of the molecule is CC[C@@H]1C[C@H](Oc2ccn(-c3ccc(S(C)(=O)=O)cc3)c(=O)c2)CCN1C(=O)Oc1ccc(OC)cc1. The molecule has 9 nitrogen and oxygen atoms in total. The van der Waals surface area contributed by atoms with Gasteiger partial charge in [-0.15, -0.1) is 0 Å². The predicted octanol–water partition coefficient (Wildman–Crippen LogP) is 4.07. The number of ether oxygens (including phenoxy) is 3. The summed E-state index contributed by atoms with van der Waals surface area (Å²) in [5.74, 6) is 1.58. The zero-order valence-electron chi connectivity index (χ0n) is 21.0. The van der Waals surface area contributed by atoms with Crippen molar-refractivity contribution >= 4 is 15.9 Å². The van der Waals surface area contributed by atoms with Gasteiger partial charge < -0.3 is 19.1 Å². The summed E-state index contributed by atoms with van der Waals surface area (Å²) in [5, 5.41) is 0. The molecule has 2 aromatic carbocycles. The van der Waals surface area contributed by atoms with Crippen LogP contribution in [0.15, 0.2) is 76.6 Å². The molecule has 10 heteroatoms. The van der Waals surface area contributed by atoms with Gasteiger partial charge in [-0.25, -0.2) is 13.2 Å². The molecule has 4 rings (SSSR count). The maximum Gasteiger partial charge on any atom is 0.415 e. The van der Waals surface area contributed by atoms with Gasteiger partial charge in [0.2, 0.25) is 0 Å². The molecule has 1 aliphatic heterocycles. The fourth-order valence-electron chi connectivity index (χ4n) is 4.35. The van der Waals surface area contributed by atoms with E-state index in [0.29, 0.717) is 42.3 Å². The van der Waals surface area contributed by atoms with Crippen molar-refractivity contribution in [2.45, 2.75) is 43.2 Å². The Morgan fingerprint density at radius 2 is 1.68 bits per heavy atom. The van der Waals surface area contributed by atoms with Crippen LogP contribution in [0.3, 0.4) is 0 Å². The highest BCUT2D eigenvalue weighted by Gasteiger charge is 2.33. The lowest BCUT2D eigenvalue weighted by Crippen LogP contribution is -2.49. The van der Waals surface area contributed by atoms with E-state index in [1.165, 1.54) is 22.8 Å². The van der Waals surface area contributed by atoms with Crippen LogP contribution >= 0.6 is 0 Å². The second-order valence-corrected chi connectivity index (χ2v) is 10.9. The molecule has 1 amide bonds. The zero-order valence-corrected chi connectivity index (χ0v) is 21.8. The molecule has 3 aromatic rings. The Hall–Kier alpha value is -3.79. The molecule has 1 aromatic heterocycles. The fourth-order valence-corrected chi connectivity index (χ4v) is 4.98. The minimum absolute atomic E-state index is 0.0572. The maximum absolute atomic E-state index is 12.8. The quantitative estimate of drug-likeness (QED) is 0.457. The van der Waals surface area contributed by atoms with Gasteiger partial charge in [0, 0.05) is 49.6 Å². The monoisotopic (exact) mass is 526 g/mol. The van der Waals surface area contributed by atoms with Gasteiger partial charge in [-0.1, -0.05) is 6.92 Å². The summed E-state index contributed by atoms with van der Waals surface area (Å²) < 4.78 is 41.6. The van der Waals surface area contributed by atoms with Gasteiger partial charge in [0.15, 0.2) is 9.84 Å². The van der Waals surface area contributed by atoms with Crippen LogP contribution in [0.4, 0.5) is 4.79 Å². The Morgan fingerprint density at radius 1 is 1.00 bits per heavy atom. The molecule has 37 heavy (non-hydrogen) atoms. The fraction of sp³-hybridized carbons (Fsp3) is 0.333. The predicted molar refractivity (Wildman–Crippen MR) is 139 cm³/mol. The van der Waals surface area contributed by atoms with E-state index in [-0.39, 0.29) is 22.6 Å². The lowest BCUT2D eigenvalue weighted by atomic mass is 9.98. The van der Waals surface area contributed by atoms with Crippen molar-refractivity contribution in [1.29, 1.82) is 0 Å². The normalized spacial score (nSPS) is 17.8. The topological polar surface area (TPSA) is 104 Å². The number of hydrogen-bond acceptors (Lipinski definition) is 7. The van der Waals surface area contributed by atoms with Gasteiger partial charge in [-0.05, 0) is 61.0 Å². The van der Waals surface area contributed by atoms with Crippen molar-refractivity contribution in [2.24, 2.45) is 0 Å². The van der Waals surface area contributed by atoms with Crippen LogP contribution in [-0.4, -0.2) is 56.0 Å². The number of likely N-dealkylation sites (tertiary alicyclic amines) is 1. The van der Waals surface area contributed by atoms with Gasteiger partial charge in [0.25, 0.3) is 5.56 Å². The summed E-state index contributed by atoms with van der Waals surface area (Å²) in [7, 11) is -1.74. The number of amides is 1. The summed E-state index contributed by atoms with van der Waals surface area (Å²) in [4.78, 5) is 27.4. The van der Waals surface area contributed by atoms with Crippen LogP contribution in [0.2, 0.25) is 0 Å². The van der Waals surface area contributed by atoms with Crippen molar-refractivity contribution in [3.8, 4) is 22.9 Å². The summed E-state index contributed by atoms with van der Waals surface area (Å²) in [5.41, 5.74) is 0.260. The standard InChI is InChI=1S/C27H30N2O7S/c1-4-19-17-23(14-16-29(19)27(31)36-22-9-7-21(34-2)8-10-22)35-24-13-15-28(26(30)18-24)20-5-11-25(12-6-20)37(3,32)33/h5-13,15,18-19,23H,4,14,16-17H2,1-3H3/t19-,23-/m1/s1. The van der Waals surface area contributed by atoms with E-state index in [1.807, 2.05) is 6.92 Å². The number of rotatable bonds is 7. The first-order valence-electron chi connectivity index (χ1n) is 12.0. The first kappa shape index (κ1) is 26.3. The van der Waals surface area contributed by atoms with E-state index in [1.54, 1.807) is 60.7 Å². The van der Waals surface area contributed by atoms with Crippen LogP contribution < -0.4 is 19.8 Å². The molecular formula is C27H30N2O7S. The Balaban J connectivity index is 1.38. The minimum Gasteiger partial charge on any atom is -0.497 e. The molecule has 0 saturated carbocycles. The third kappa shape index (κ3) is 6.32. The van der Waals surface area contributed by atoms with E-state index < -0.39 is 15.9 Å². The Labute approximate surface area is 216 Å². The second kappa shape index (κ2) is 11.1. The highest BCUT2D eigenvalue weighted by Crippen LogP contribution is 2.26. The van der Waals surface area contributed by atoms with Crippen LogP contribution in [0.1, 0.15) is 26.2 Å². The summed E-state index contributed by atoms with van der Waals surface area (Å²) in [6, 6.07) is 16.0. The van der Waals surface area contributed by atoms with E-state index in [2.05, 4.69) is 0 Å². The molecule has 0 N–H and O–H groups in total. The largest absolute Gasteiger partial charge is 0.497 e. The summed E-state index contributed by atoms with van der Waals surface area (Å²) in [6.07, 6.45) is 4.14. The highest BCUT2D eigenvalue weighted by molar-refractivity contribution is 7.90. The van der Waals surface area contributed by atoms with E-state index >= 15 is 0 Å². The van der Waals surface area contributed by atoms with Crippen molar-refractivity contribution in [1.82, 2.24) is 9.47 Å². The van der Waals surface area contributed by atoms with Crippen LogP contribution in [0.5, 0.6) is 17.2 Å². The first-order chi connectivity index (χ1) is 17.7. The highest BCUT2D eigenvalue weighted by atomic mass is 32.2.